The average Bonchev–Trinajstić information content (AvgIpc) is 2.63. The number of nitrogens with zero attached hydrogens (tertiary/aromatic N) is 1. The molecule has 2 amide bonds. The molecule has 98 valence electrons. The van der Waals surface area contributed by atoms with Crippen LogP contribution in [0.3, 0.4) is 0 Å². The topological polar surface area (TPSA) is 61.4 Å². The van der Waals surface area contributed by atoms with Crippen molar-refractivity contribution < 1.29 is 9.59 Å². The number of carbonyl (C=O) groups is 2. The molecular formula is C12H23N3O2. The van der Waals surface area contributed by atoms with Gasteiger partial charge in [-0.1, -0.05) is 12.8 Å². The zero-order chi connectivity index (χ0) is 12.7. The summed E-state index contributed by atoms with van der Waals surface area (Å²) in [5.74, 6) is -0.0631. The molecule has 0 spiro atoms. The lowest BCUT2D eigenvalue weighted by molar-refractivity contribution is -0.137. The van der Waals surface area contributed by atoms with Crippen LogP contribution in [0.25, 0.3) is 0 Å². The van der Waals surface area contributed by atoms with E-state index in [4.69, 9.17) is 0 Å². The van der Waals surface area contributed by atoms with Gasteiger partial charge < -0.3 is 15.5 Å². The van der Waals surface area contributed by atoms with Crippen LogP contribution in [0.4, 0.5) is 0 Å². The molecule has 1 aliphatic heterocycles. The number of hydrogen-bond donors (Lipinski definition) is 2. The molecule has 0 aromatic rings. The normalized spacial score (nSPS) is 20.5. The van der Waals surface area contributed by atoms with E-state index in [2.05, 4.69) is 10.6 Å². The van der Waals surface area contributed by atoms with Gasteiger partial charge in [0.05, 0.1) is 12.6 Å². The van der Waals surface area contributed by atoms with Crippen LogP contribution in [-0.4, -0.2) is 49.4 Å². The fraction of sp³-hybridized carbons (Fsp3) is 0.833. The van der Waals surface area contributed by atoms with Gasteiger partial charge in [0.1, 0.15) is 0 Å². The van der Waals surface area contributed by atoms with Crippen molar-refractivity contribution in [2.45, 2.75) is 38.6 Å². The third kappa shape index (κ3) is 4.34. The molecule has 0 aromatic carbocycles. The number of hydrogen-bond acceptors (Lipinski definition) is 3. The molecule has 1 atom stereocenters. The Bertz CT molecular complexity index is 260. The number of likely N-dealkylation sites (N-methyl/N-ethyl adjacent to an activating group) is 2. The molecular weight excluding hydrogens is 218 g/mol. The van der Waals surface area contributed by atoms with Crippen molar-refractivity contribution in [1.82, 2.24) is 15.5 Å². The van der Waals surface area contributed by atoms with Crippen LogP contribution in [0.2, 0.25) is 0 Å². The summed E-state index contributed by atoms with van der Waals surface area (Å²) < 4.78 is 0. The third-order valence-corrected chi connectivity index (χ3v) is 3.17. The maximum absolute atomic E-state index is 12.2. The van der Waals surface area contributed by atoms with Crippen LogP contribution in [0, 0.1) is 0 Å². The van der Waals surface area contributed by atoms with Crippen LogP contribution in [-0.2, 0) is 9.59 Å². The van der Waals surface area contributed by atoms with Crippen molar-refractivity contribution in [3.05, 3.63) is 0 Å². The maximum Gasteiger partial charge on any atom is 0.240 e. The Kier molecular flexibility index (Phi) is 5.97. The van der Waals surface area contributed by atoms with Crippen LogP contribution < -0.4 is 10.6 Å². The second kappa shape index (κ2) is 7.27. The Morgan fingerprint density at radius 3 is 2.76 bits per heavy atom. The highest BCUT2D eigenvalue weighted by molar-refractivity contribution is 5.87. The fourth-order valence-corrected chi connectivity index (χ4v) is 2.06. The molecule has 0 aliphatic carbocycles. The third-order valence-electron chi connectivity index (χ3n) is 3.17. The molecule has 1 fully saturated rings. The first-order chi connectivity index (χ1) is 8.19. The molecule has 0 bridgehead atoms. The van der Waals surface area contributed by atoms with E-state index < -0.39 is 0 Å². The molecule has 1 heterocycles. The zero-order valence-corrected chi connectivity index (χ0v) is 10.8. The van der Waals surface area contributed by atoms with Crippen molar-refractivity contribution in [3.8, 4) is 0 Å². The average molecular weight is 241 g/mol. The van der Waals surface area contributed by atoms with Crippen molar-refractivity contribution in [3.63, 3.8) is 0 Å². The molecule has 1 saturated heterocycles. The summed E-state index contributed by atoms with van der Waals surface area (Å²) in [6, 6.07) is -0.109. The van der Waals surface area contributed by atoms with Gasteiger partial charge in [0, 0.05) is 13.6 Å². The molecule has 1 rings (SSSR count). The Morgan fingerprint density at radius 1 is 1.35 bits per heavy atom. The summed E-state index contributed by atoms with van der Waals surface area (Å²) in [6.45, 7) is 3.53. The van der Waals surface area contributed by atoms with Gasteiger partial charge in [0.25, 0.3) is 0 Å². The first kappa shape index (κ1) is 14.0. The predicted molar refractivity (Wildman–Crippen MR) is 66.6 cm³/mol. The van der Waals surface area contributed by atoms with Crippen LogP contribution in [0.1, 0.15) is 32.6 Å². The van der Waals surface area contributed by atoms with Gasteiger partial charge in [-0.2, -0.15) is 0 Å². The molecule has 5 heteroatoms. The van der Waals surface area contributed by atoms with Gasteiger partial charge in [0.2, 0.25) is 11.8 Å². The lowest BCUT2D eigenvalue weighted by Crippen LogP contribution is -2.49. The maximum atomic E-state index is 12.2. The summed E-state index contributed by atoms with van der Waals surface area (Å²) in [5, 5.41) is 5.81. The smallest absolute Gasteiger partial charge is 0.240 e. The van der Waals surface area contributed by atoms with Gasteiger partial charge in [-0.3, -0.25) is 9.59 Å². The molecule has 0 radical (unpaired) electrons. The minimum absolute atomic E-state index is 0.0537. The van der Waals surface area contributed by atoms with Crippen molar-refractivity contribution in [1.29, 1.82) is 0 Å². The van der Waals surface area contributed by atoms with Crippen LogP contribution >= 0.6 is 0 Å². The molecule has 0 saturated carbocycles. The predicted octanol–water partition coefficient (Wildman–Crippen LogP) is 0.113. The van der Waals surface area contributed by atoms with Crippen LogP contribution in [0.5, 0.6) is 0 Å². The lowest BCUT2D eigenvalue weighted by atomic mass is 10.1. The molecule has 1 unspecified atom stereocenters. The van der Waals surface area contributed by atoms with Crippen molar-refractivity contribution >= 4 is 11.8 Å². The Balaban J connectivity index is 2.54. The van der Waals surface area contributed by atoms with Gasteiger partial charge in [-0.15, -0.1) is 0 Å². The SMILES string of the molecule is CCN(CC(=O)NC)C(=O)C1CCCCCN1. The van der Waals surface area contributed by atoms with E-state index in [-0.39, 0.29) is 24.4 Å². The minimum atomic E-state index is -0.117. The number of nitrogens with one attached hydrogen (secondary N) is 2. The van der Waals surface area contributed by atoms with E-state index in [0.29, 0.717) is 6.54 Å². The van der Waals surface area contributed by atoms with E-state index in [1.807, 2.05) is 6.92 Å². The summed E-state index contributed by atoms with van der Waals surface area (Å²) >= 11 is 0. The first-order valence-electron chi connectivity index (χ1n) is 6.41. The second-order valence-electron chi connectivity index (χ2n) is 4.38. The van der Waals surface area contributed by atoms with E-state index >= 15 is 0 Å². The highest BCUT2D eigenvalue weighted by atomic mass is 16.2. The van der Waals surface area contributed by atoms with E-state index in [1.165, 1.54) is 6.42 Å². The van der Waals surface area contributed by atoms with E-state index in [9.17, 15) is 9.59 Å². The molecule has 2 N–H and O–H groups in total. The molecule has 0 aromatic heterocycles. The zero-order valence-electron chi connectivity index (χ0n) is 10.8. The van der Waals surface area contributed by atoms with Gasteiger partial charge in [0.15, 0.2) is 0 Å². The Morgan fingerprint density at radius 2 is 2.12 bits per heavy atom. The highest BCUT2D eigenvalue weighted by Crippen LogP contribution is 2.10. The number of rotatable bonds is 4. The number of carbonyl (C=O) groups excluding carboxylic acids is 2. The highest BCUT2D eigenvalue weighted by Gasteiger charge is 2.24. The summed E-state index contributed by atoms with van der Waals surface area (Å²) in [7, 11) is 1.59. The minimum Gasteiger partial charge on any atom is -0.358 e. The van der Waals surface area contributed by atoms with Gasteiger partial charge >= 0.3 is 0 Å². The monoisotopic (exact) mass is 241 g/mol. The van der Waals surface area contributed by atoms with Gasteiger partial charge in [-0.05, 0) is 26.3 Å². The van der Waals surface area contributed by atoms with E-state index in [0.717, 1.165) is 25.8 Å². The van der Waals surface area contributed by atoms with Crippen molar-refractivity contribution in [2.75, 3.05) is 26.7 Å². The second-order valence-corrected chi connectivity index (χ2v) is 4.38. The molecule has 17 heavy (non-hydrogen) atoms. The Hall–Kier alpha value is -1.10. The molecule has 1 aliphatic rings. The summed E-state index contributed by atoms with van der Waals surface area (Å²) in [4.78, 5) is 25.1. The van der Waals surface area contributed by atoms with E-state index in [1.54, 1.807) is 11.9 Å². The van der Waals surface area contributed by atoms with Gasteiger partial charge in [-0.25, -0.2) is 0 Å². The van der Waals surface area contributed by atoms with Crippen LogP contribution in [0.15, 0.2) is 0 Å². The largest absolute Gasteiger partial charge is 0.358 e. The quantitative estimate of drug-likeness (QED) is 0.734. The standard InChI is InChI=1S/C12H23N3O2/c1-3-15(9-11(16)13-2)12(17)10-7-5-4-6-8-14-10/h10,14H,3-9H2,1-2H3,(H,13,16). The summed E-state index contributed by atoms with van der Waals surface area (Å²) in [6.07, 6.45) is 4.27. The lowest BCUT2D eigenvalue weighted by Gasteiger charge is -2.25. The summed E-state index contributed by atoms with van der Waals surface area (Å²) in [5.41, 5.74) is 0. The number of amides is 2. The fourth-order valence-electron chi connectivity index (χ4n) is 2.06. The Labute approximate surface area is 103 Å². The van der Waals surface area contributed by atoms with Crippen molar-refractivity contribution in [2.24, 2.45) is 0 Å². The first-order valence-corrected chi connectivity index (χ1v) is 6.41. The molecule has 5 nitrogen and oxygen atoms in total.